The minimum absolute atomic E-state index is 0.0359. The Hall–Kier alpha value is -8.43. The summed E-state index contributed by atoms with van der Waals surface area (Å²) in [7, 11) is 0. The Morgan fingerprint density at radius 1 is 0.282 bits per heavy atom. The van der Waals surface area contributed by atoms with Gasteiger partial charge in [0.05, 0.1) is 28.1 Å². The van der Waals surface area contributed by atoms with E-state index in [1.165, 1.54) is 0 Å². The average Bonchev–Trinajstić information content (AvgIpc) is 0.661. The van der Waals surface area contributed by atoms with Crippen LogP contribution in [0.2, 0.25) is 0 Å². The van der Waals surface area contributed by atoms with Gasteiger partial charge in [-0.1, -0.05) is 26.2 Å². The fraction of sp³-hybridized carbons (Fsp3) is 0.220. The Balaban J connectivity index is 0.000000333. The molecule has 0 heterocycles. The van der Waals surface area contributed by atoms with Crippen molar-refractivity contribution in [3.8, 4) is 0 Å². The molecule has 103 heavy (non-hydrogen) atoms. The minimum atomic E-state index is -10.2. The quantitative estimate of drug-likeness (QED) is 0.0261. The normalized spacial score (nSPS) is 13.2. The van der Waals surface area contributed by atoms with Crippen molar-refractivity contribution >= 4 is 79.6 Å². The Bertz CT molecular complexity index is 4580. The maximum absolute atomic E-state index is 17.3. The van der Waals surface area contributed by atoms with Gasteiger partial charge < -0.3 is 0 Å². The van der Waals surface area contributed by atoms with Gasteiger partial charge in [0, 0.05) is 12.5 Å². The van der Waals surface area contributed by atoms with Crippen molar-refractivity contribution in [3.05, 3.63) is 192 Å². The molecular formula is C59H20AlF42N. The third-order valence-electron chi connectivity index (χ3n) is 16.3. The summed E-state index contributed by atoms with van der Waals surface area (Å²) in [6, 6.07) is -6.71. The number of rotatable bonds is 15. The summed E-state index contributed by atoms with van der Waals surface area (Å²) in [5.74, 6) is -131. The van der Waals surface area contributed by atoms with Crippen molar-refractivity contribution in [2.45, 2.75) is 75.9 Å². The maximum Gasteiger partial charge on any atom is 0.464 e. The van der Waals surface area contributed by atoms with Gasteiger partial charge in [0.2, 0.25) is 0 Å². The SMILES string of the molecule is CCCCCCC(F)(F)C(F)(F)C(F)(F)[NH+](CC)c1cc(F)c(F)c(C(F)(F)C(F)(F)F)c1F.Fc1c(F)c(F)c2[c]([Al-]([c]3c(F)c(F)c(F)c4c(F)c(F)c(F)c(F)c34)([c]3c(F)c(F)c(F)c4c(F)c(F)c(F)c(F)c34)[c]3c(F)c(F)c(F)c4c(F)c(F)c(F)c(F)c34)c(F)c(F)c(F)c2c1F. The van der Waals surface area contributed by atoms with Crippen LogP contribution < -0.4 is 22.6 Å². The van der Waals surface area contributed by atoms with Crippen LogP contribution in [0.15, 0.2) is 6.07 Å². The zero-order valence-corrected chi connectivity index (χ0v) is 49.9. The molecule has 0 saturated carbocycles. The van der Waals surface area contributed by atoms with Gasteiger partial charge in [0.1, 0.15) is 28.8 Å². The maximum atomic E-state index is 17.3. The third kappa shape index (κ3) is 11.3. The topological polar surface area (TPSA) is 4.44 Å². The number of nitrogens with one attached hydrogen (secondary N) is 1. The first kappa shape index (κ1) is 80.3. The number of fused-ring (bicyclic) bond motifs is 4. The zero-order chi connectivity index (χ0) is 78.5. The van der Waals surface area contributed by atoms with E-state index in [0.29, 0.717) is 19.8 Å². The molecule has 0 saturated heterocycles. The number of hydrogen-bond donors (Lipinski definition) is 1. The summed E-state index contributed by atoms with van der Waals surface area (Å²) in [6.45, 7) is 0.644. The van der Waals surface area contributed by atoms with Crippen LogP contribution in [0.5, 0.6) is 0 Å². The monoisotopic (exact) mass is 1570 g/mol. The lowest BCUT2D eigenvalue weighted by Crippen LogP contribution is -3.17. The van der Waals surface area contributed by atoms with Crippen molar-refractivity contribution in [1.82, 2.24) is 0 Å². The van der Waals surface area contributed by atoms with Gasteiger partial charge in [0.15, 0.2) is 163 Å². The van der Waals surface area contributed by atoms with Gasteiger partial charge in [-0.25, -0.2) is 137 Å². The molecule has 1 atom stereocenters. The van der Waals surface area contributed by atoms with E-state index in [9.17, 15) is 79.0 Å². The Morgan fingerprint density at radius 2 is 0.524 bits per heavy atom. The lowest BCUT2D eigenvalue weighted by molar-refractivity contribution is -0.947. The molecule has 1 nitrogen and oxygen atoms in total. The molecule has 0 bridgehead atoms. The van der Waals surface area contributed by atoms with Crippen molar-refractivity contribution in [3.63, 3.8) is 0 Å². The van der Waals surface area contributed by atoms with Gasteiger partial charge in [-0.3, -0.25) is 0 Å². The molecular weight excluding hydrogens is 1550 g/mol. The highest BCUT2D eigenvalue weighted by Crippen LogP contribution is 2.50. The molecule has 558 valence electrons. The van der Waals surface area contributed by atoms with Crippen molar-refractivity contribution in [2.75, 3.05) is 6.54 Å². The second kappa shape index (κ2) is 26.9. The number of alkyl halides is 11. The third-order valence-corrected chi connectivity index (χ3v) is 22.0. The van der Waals surface area contributed by atoms with E-state index >= 15 is 105 Å². The molecule has 0 radical (unpaired) electrons. The van der Waals surface area contributed by atoms with E-state index in [4.69, 9.17) is 0 Å². The van der Waals surface area contributed by atoms with Crippen LogP contribution in [-0.4, -0.2) is 43.7 Å². The second-order valence-electron chi connectivity index (χ2n) is 21.8. The molecule has 0 spiro atoms. The van der Waals surface area contributed by atoms with E-state index in [0.717, 1.165) is 0 Å². The first-order valence-corrected chi connectivity index (χ1v) is 29.6. The largest absolute Gasteiger partial charge is 0.464 e. The Kier molecular flexibility index (Phi) is 21.0. The highest BCUT2D eigenvalue weighted by atomic mass is 27.2. The number of halogens is 42. The van der Waals surface area contributed by atoms with Crippen molar-refractivity contribution in [2.24, 2.45) is 0 Å². The summed E-state index contributed by atoms with van der Waals surface area (Å²) in [5.41, 5.74) is -5.68. The standard InChI is InChI=1S/C19H19F14N.4C10F7.Al/c1-3-5-6-7-8-15(23,24)17(27,28)19(32,33)34(4-2)11-9-10(20)13(21)12(14(11)22)16(25,26)18(29,30)31;4*11-3-1-2-4(7(14)6(3)13)8(15)10(17)9(16)5(2)12;/h9H,3-8H2,1-2H3;;;;;/q;;;;;-1/p+1. The van der Waals surface area contributed by atoms with Gasteiger partial charge in [-0.15, -0.1) is 8.78 Å². The highest BCUT2D eigenvalue weighted by molar-refractivity contribution is 7.23. The summed E-state index contributed by atoms with van der Waals surface area (Å²) < 4.78 is 625. The molecule has 1 unspecified atom stereocenters. The number of hydrogen-bond acceptors (Lipinski definition) is 0. The predicted molar refractivity (Wildman–Crippen MR) is 270 cm³/mol. The molecule has 0 aliphatic heterocycles. The molecule has 0 aromatic heterocycles. The minimum Gasteiger partial charge on any atom is -0.234 e. The van der Waals surface area contributed by atoms with Crippen LogP contribution in [0.1, 0.15) is 51.5 Å². The Labute approximate surface area is 542 Å². The first-order chi connectivity index (χ1) is 47.2. The molecule has 44 heteroatoms. The van der Waals surface area contributed by atoms with Gasteiger partial charge in [-0.05, 0) is 34.9 Å². The van der Waals surface area contributed by atoms with E-state index in [2.05, 4.69) is 0 Å². The highest BCUT2D eigenvalue weighted by Gasteiger charge is 2.77. The lowest BCUT2D eigenvalue weighted by atomic mass is 9.99. The molecule has 0 aliphatic carbocycles. The van der Waals surface area contributed by atoms with Crippen molar-refractivity contribution < 1.29 is 189 Å². The molecule has 1 N–H and O–H groups in total. The van der Waals surface area contributed by atoms with Gasteiger partial charge in [-0.2, -0.15) is 61.6 Å². The predicted octanol–water partition coefficient (Wildman–Crippen LogP) is 18.7. The molecule has 0 fully saturated rings. The van der Waals surface area contributed by atoms with Crippen LogP contribution in [-0.2, 0) is 5.92 Å². The molecule has 0 aliphatic rings. The van der Waals surface area contributed by atoms with Crippen LogP contribution in [0.3, 0.4) is 0 Å². The number of unbranched alkanes of at least 4 members (excludes halogenated alkanes) is 3. The lowest BCUT2D eigenvalue weighted by Gasteiger charge is -2.44. The fourth-order valence-electron chi connectivity index (χ4n) is 11.8. The fourth-order valence-corrected chi connectivity index (χ4v) is 18.3. The number of benzene rings is 9. The molecule has 0 amide bonds. The van der Waals surface area contributed by atoms with Crippen LogP contribution in [0.25, 0.3) is 43.1 Å². The van der Waals surface area contributed by atoms with E-state index < -0.39 is 326 Å². The van der Waals surface area contributed by atoms with Crippen LogP contribution in [0, 0.1) is 180 Å². The van der Waals surface area contributed by atoms with Gasteiger partial charge >= 0.3 is 30.0 Å². The average molecular weight is 1570 g/mol. The van der Waals surface area contributed by atoms with E-state index in [1.54, 1.807) is 6.92 Å². The molecule has 9 aromatic rings. The number of quaternary nitrogens is 1. The summed E-state index contributed by atoms with van der Waals surface area (Å²) in [5, 5.41) is -26.7. The van der Waals surface area contributed by atoms with E-state index in [-0.39, 0.29) is 6.42 Å². The molecule has 9 rings (SSSR count). The molecule has 9 aromatic carbocycles. The first-order valence-electron chi connectivity index (χ1n) is 27.3. The Morgan fingerprint density at radius 3 is 0.757 bits per heavy atom. The second-order valence-corrected chi connectivity index (χ2v) is 25.8. The smallest absolute Gasteiger partial charge is 0.234 e. The van der Waals surface area contributed by atoms with Gasteiger partial charge in [0.25, 0.3) is 13.1 Å². The van der Waals surface area contributed by atoms with Crippen molar-refractivity contribution in [1.29, 1.82) is 0 Å². The summed E-state index contributed by atoms with van der Waals surface area (Å²) in [6.07, 6.45) is -8.39. The summed E-state index contributed by atoms with van der Waals surface area (Å²) in [4.78, 5) is -2.42. The van der Waals surface area contributed by atoms with Crippen LogP contribution in [0.4, 0.5) is 190 Å². The van der Waals surface area contributed by atoms with E-state index in [1.807, 2.05) is 0 Å². The summed E-state index contributed by atoms with van der Waals surface area (Å²) >= 11 is -10.2. The zero-order valence-electron chi connectivity index (χ0n) is 48.8. The van der Waals surface area contributed by atoms with Crippen LogP contribution >= 0.6 is 0 Å².